The maximum atomic E-state index is 11.6. The van der Waals surface area contributed by atoms with Gasteiger partial charge in [-0.05, 0) is 25.0 Å². The monoisotopic (exact) mass is 234 g/mol. The molecule has 0 aromatic heterocycles. The summed E-state index contributed by atoms with van der Waals surface area (Å²) in [6.07, 6.45) is 2.26. The molecular weight excluding hydrogens is 218 g/mol. The zero-order valence-corrected chi connectivity index (χ0v) is 9.65. The van der Waals surface area contributed by atoms with Gasteiger partial charge in [-0.3, -0.25) is 4.79 Å². The number of benzene rings is 1. The molecule has 1 aromatic carbocycles. The predicted octanol–water partition coefficient (Wildman–Crippen LogP) is 1.93. The van der Waals surface area contributed by atoms with Crippen molar-refractivity contribution in [3.05, 3.63) is 35.9 Å². The van der Waals surface area contributed by atoms with Crippen molar-refractivity contribution in [1.82, 2.24) is 5.32 Å². The van der Waals surface area contributed by atoms with Gasteiger partial charge in [0.1, 0.15) is 0 Å². The molecule has 17 heavy (non-hydrogen) atoms. The fourth-order valence-electron chi connectivity index (χ4n) is 1.46. The van der Waals surface area contributed by atoms with Gasteiger partial charge in [0, 0.05) is 12.1 Å². The number of hydrogen-bond donors (Lipinski definition) is 1. The fraction of sp³-hybridized carbons (Fsp3) is 0.385. The first-order valence-corrected chi connectivity index (χ1v) is 5.73. The third-order valence-corrected chi connectivity index (χ3v) is 2.38. The quantitative estimate of drug-likeness (QED) is 0.732. The van der Waals surface area contributed by atoms with E-state index in [9.17, 15) is 14.7 Å². The third-order valence-electron chi connectivity index (χ3n) is 2.38. The standard InChI is InChI=1S/C13H16NO3/c15-12(16)9-5-2-6-10-14-13(17)11-7-3-1-4-8-11/h1,3-4,7-8H,2,5-6,9-10H2,(H,14,17). The van der Waals surface area contributed by atoms with Crippen LogP contribution in [0.2, 0.25) is 0 Å². The lowest BCUT2D eigenvalue weighted by atomic mass is 10.2. The third kappa shape index (κ3) is 5.70. The summed E-state index contributed by atoms with van der Waals surface area (Å²) in [6, 6.07) is 9.00. The molecule has 1 rings (SSSR count). The number of carbonyl (C=O) groups excluding carboxylic acids is 2. The molecule has 0 heterocycles. The van der Waals surface area contributed by atoms with E-state index < -0.39 is 5.97 Å². The smallest absolute Gasteiger partial charge is 0.352 e. The molecule has 0 saturated carbocycles. The maximum absolute atomic E-state index is 11.6. The highest BCUT2D eigenvalue weighted by Crippen LogP contribution is 2.00. The van der Waals surface area contributed by atoms with E-state index >= 15 is 0 Å². The Balaban J connectivity index is 2.11. The van der Waals surface area contributed by atoms with Crippen molar-refractivity contribution in [1.29, 1.82) is 0 Å². The number of amides is 1. The van der Waals surface area contributed by atoms with Crippen LogP contribution in [0, 0.1) is 0 Å². The Morgan fingerprint density at radius 2 is 1.71 bits per heavy atom. The number of nitrogens with one attached hydrogen (secondary N) is 1. The van der Waals surface area contributed by atoms with Gasteiger partial charge in [0.15, 0.2) is 0 Å². The van der Waals surface area contributed by atoms with Crippen molar-refractivity contribution < 1.29 is 14.7 Å². The lowest BCUT2D eigenvalue weighted by molar-refractivity contribution is -0.143. The van der Waals surface area contributed by atoms with Gasteiger partial charge >= 0.3 is 5.97 Å². The van der Waals surface area contributed by atoms with E-state index in [0.29, 0.717) is 18.5 Å². The number of hydrogen-bond acceptors (Lipinski definition) is 2. The topological polar surface area (TPSA) is 66.1 Å². The molecule has 1 N–H and O–H groups in total. The van der Waals surface area contributed by atoms with Crippen molar-refractivity contribution in [2.45, 2.75) is 25.7 Å². The maximum Gasteiger partial charge on any atom is 0.355 e. The Morgan fingerprint density at radius 1 is 1.00 bits per heavy atom. The summed E-state index contributed by atoms with van der Waals surface area (Å²) in [6.45, 7) is 0.570. The summed E-state index contributed by atoms with van der Waals surface area (Å²) >= 11 is 0. The van der Waals surface area contributed by atoms with Crippen LogP contribution in [-0.4, -0.2) is 18.4 Å². The normalized spacial score (nSPS) is 9.88. The second kappa shape index (κ2) is 7.44. The van der Waals surface area contributed by atoms with E-state index in [1.165, 1.54) is 0 Å². The Morgan fingerprint density at radius 3 is 2.35 bits per heavy atom. The SMILES string of the molecule is [O]C(=O)CCCCCNC(=O)c1ccccc1. The Hall–Kier alpha value is -1.84. The van der Waals surface area contributed by atoms with Gasteiger partial charge in [0.2, 0.25) is 0 Å². The van der Waals surface area contributed by atoms with Crippen LogP contribution in [0.4, 0.5) is 0 Å². The second-order valence-electron chi connectivity index (χ2n) is 3.80. The van der Waals surface area contributed by atoms with E-state index in [4.69, 9.17) is 0 Å². The highest BCUT2D eigenvalue weighted by atomic mass is 16.4. The highest BCUT2D eigenvalue weighted by Gasteiger charge is 2.03. The van der Waals surface area contributed by atoms with E-state index in [1.807, 2.05) is 18.2 Å². The van der Waals surface area contributed by atoms with E-state index in [-0.39, 0.29) is 12.3 Å². The zero-order valence-electron chi connectivity index (χ0n) is 9.65. The second-order valence-corrected chi connectivity index (χ2v) is 3.80. The first-order valence-electron chi connectivity index (χ1n) is 5.73. The van der Waals surface area contributed by atoms with Crippen LogP contribution in [0.1, 0.15) is 36.0 Å². The summed E-state index contributed by atoms with van der Waals surface area (Å²) in [4.78, 5) is 21.7. The zero-order chi connectivity index (χ0) is 12.5. The molecule has 4 nitrogen and oxygen atoms in total. The van der Waals surface area contributed by atoms with E-state index in [0.717, 1.165) is 12.8 Å². The van der Waals surface area contributed by atoms with Crippen LogP contribution < -0.4 is 5.32 Å². The van der Waals surface area contributed by atoms with Crippen LogP contribution in [0.5, 0.6) is 0 Å². The molecule has 1 amide bonds. The molecule has 91 valence electrons. The number of rotatable bonds is 7. The van der Waals surface area contributed by atoms with Gasteiger partial charge in [-0.2, -0.15) is 0 Å². The summed E-state index contributed by atoms with van der Waals surface area (Å²) in [5.74, 6) is -1.11. The fourth-order valence-corrected chi connectivity index (χ4v) is 1.46. The molecule has 0 aliphatic heterocycles. The van der Waals surface area contributed by atoms with Crippen molar-refractivity contribution >= 4 is 11.9 Å². The largest absolute Gasteiger partial charge is 0.355 e. The molecule has 0 bridgehead atoms. The van der Waals surface area contributed by atoms with Crippen LogP contribution in [0.3, 0.4) is 0 Å². The van der Waals surface area contributed by atoms with Gasteiger partial charge in [0.25, 0.3) is 5.91 Å². The minimum Gasteiger partial charge on any atom is -0.352 e. The van der Waals surface area contributed by atoms with Gasteiger partial charge < -0.3 is 5.32 Å². The number of carbonyl (C=O) groups is 2. The molecule has 1 aromatic rings. The molecule has 1 radical (unpaired) electrons. The average molecular weight is 234 g/mol. The van der Waals surface area contributed by atoms with E-state index in [1.54, 1.807) is 12.1 Å². The van der Waals surface area contributed by atoms with Crippen molar-refractivity contribution in [3.8, 4) is 0 Å². The minimum absolute atomic E-state index is 0.0899. The summed E-state index contributed by atoms with van der Waals surface area (Å²) in [7, 11) is 0. The summed E-state index contributed by atoms with van der Waals surface area (Å²) in [5.41, 5.74) is 0.641. The Kier molecular flexibility index (Phi) is 5.79. The molecular formula is C13H16NO3. The van der Waals surface area contributed by atoms with Crippen LogP contribution in [0.15, 0.2) is 30.3 Å². The van der Waals surface area contributed by atoms with Gasteiger partial charge in [0.05, 0.1) is 6.42 Å². The molecule has 0 unspecified atom stereocenters. The van der Waals surface area contributed by atoms with E-state index in [2.05, 4.69) is 5.32 Å². The predicted molar refractivity (Wildman–Crippen MR) is 62.9 cm³/mol. The molecule has 0 aliphatic carbocycles. The molecule has 4 heteroatoms. The lowest BCUT2D eigenvalue weighted by Gasteiger charge is -2.04. The molecule has 0 aliphatic rings. The average Bonchev–Trinajstić information content (AvgIpc) is 2.34. The highest BCUT2D eigenvalue weighted by molar-refractivity contribution is 5.94. The van der Waals surface area contributed by atoms with Crippen LogP contribution in [0.25, 0.3) is 0 Å². The van der Waals surface area contributed by atoms with Crippen molar-refractivity contribution in [3.63, 3.8) is 0 Å². The Labute approximate surface area is 101 Å². The first kappa shape index (κ1) is 13.2. The molecule has 0 spiro atoms. The Bertz CT molecular complexity index is 362. The van der Waals surface area contributed by atoms with Gasteiger partial charge in [-0.25, -0.2) is 9.90 Å². The van der Waals surface area contributed by atoms with Gasteiger partial charge in [-0.15, -0.1) is 0 Å². The van der Waals surface area contributed by atoms with Crippen LogP contribution >= 0.6 is 0 Å². The molecule has 0 fully saturated rings. The van der Waals surface area contributed by atoms with Crippen molar-refractivity contribution in [2.24, 2.45) is 0 Å². The summed E-state index contributed by atoms with van der Waals surface area (Å²) < 4.78 is 0. The minimum atomic E-state index is -1.02. The van der Waals surface area contributed by atoms with Gasteiger partial charge in [-0.1, -0.05) is 24.6 Å². The molecule has 0 saturated heterocycles. The molecule has 0 atom stereocenters. The van der Waals surface area contributed by atoms with Crippen molar-refractivity contribution in [2.75, 3.05) is 6.54 Å². The van der Waals surface area contributed by atoms with Crippen LogP contribution in [-0.2, 0) is 9.90 Å². The lowest BCUT2D eigenvalue weighted by Crippen LogP contribution is -2.24. The summed E-state index contributed by atoms with van der Waals surface area (Å²) in [5, 5.41) is 12.9. The first-order chi connectivity index (χ1) is 8.20. The number of unbranched alkanes of at least 4 members (excludes halogenated alkanes) is 2.